The summed E-state index contributed by atoms with van der Waals surface area (Å²) in [6.07, 6.45) is -10.5. The summed E-state index contributed by atoms with van der Waals surface area (Å²) in [5, 5.41) is 24.6. The summed E-state index contributed by atoms with van der Waals surface area (Å²) >= 11 is 0. The van der Waals surface area contributed by atoms with Gasteiger partial charge < -0.3 is 30.3 Å². The lowest BCUT2D eigenvalue weighted by Gasteiger charge is -2.32. The van der Waals surface area contributed by atoms with Crippen molar-refractivity contribution in [3.8, 4) is 34.3 Å². The van der Waals surface area contributed by atoms with Gasteiger partial charge >= 0.3 is 18.8 Å². The summed E-state index contributed by atoms with van der Waals surface area (Å²) in [4.78, 5) is 18.2. The molecular formula is C25H26F6N8O4. The minimum atomic E-state index is -4.76. The number of nitrogens with zero attached hydrogens (tertiary/aromatic N) is 5. The first kappa shape index (κ1) is 32.6. The van der Waals surface area contributed by atoms with Gasteiger partial charge in [0, 0.05) is 16.7 Å². The molecular weight excluding hydrogens is 590 g/mol. The van der Waals surface area contributed by atoms with E-state index in [1.54, 1.807) is 20.8 Å². The number of hydrogen-bond donors (Lipinski definition) is 4. The molecule has 232 valence electrons. The smallest absolute Gasteiger partial charge is 0.465 e. The maximum Gasteiger partial charge on any atom is 0.573 e. The Kier molecular flexibility index (Phi) is 9.85. The normalized spacial score (nSPS) is 11.9. The van der Waals surface area contributed by atoms with E-state index in [0.717, 1.165) is 12.1 Å². The molecule has 0 fully saturated rings. The monoisotopic (exact) mass is 616 g/mol. The molecule has 0 aliphatic carbocycles. The van der Waals surface area contributed by atoms with Crippen molar-refractivity contribution in [3.05, 3.63) is 60.2 Å². The molecule has 5 N–H and O–H groups in total. The molecule has 2 aromatic carbocycles. The van der Waals surface area contributed by atoms with Gasteiger partial charge in [-0.1, -0.05) is 0 Å². The van der Waals surface area contributed by atoms with Crippen LogP contribution in [0.5, 0.6) is 11.5 Å². The van der Waals surface area contributed by atoms with E-state index in [1.807, 2.05) is 0 Å². The highest BCUT2D eigenvalue weighted by Gasteiger charge is 2.32. The van der Waals surface area contributed by atoms with E-state index in [2.05, 4.69) is 39.8 Å². The van der Waals surface area contributed by atoms with Gasteiger partial charge in [0.2, 0.25) is 0 Å². The van der Waals surface area contributed by atoms with Crippen LogP contribution in [0.1, 0.15) is 32.4 Å². The minimum absolute atomic E-state index is 0.00109. The molecule has 0 atom stereocenters. The van der Waals surface area contributed by atoms with E-state index in [1.165, 1.54) is 41.3 Å². The van der Waals surface area contributed by atoms with E-state index in [0.29, 0.717) is 34.4 Å². The molecule has 0 spiro atoms. The van der Waals surface area contributed by atoms with Gasteiger partial charge in [0.1, 0.15) is 17.3 Å². The van der Waals surface area contributed by atoms with Gasteiger partial charge in [-0.05, 0) is 69.3 Å². The number of ether oxygens (including phenoxy) is 2. The fraction of sp³-hybridized carbons (Fsp3) is 0.320. The molecule has 0 saturated carbocycles. The Morgan fingerprint density at radius 2 is 1.16 bits per heavy atom. The molecule has 0 unspecified atom stereocenters. The van der Waals surface area contributed by atoms with Crippen molar-refractivity contribution in [1.29, 1.82) is 0 Å². The number of rotatable bonds is 7. The van der Waals surface area contributed by atoms with Crippen molar-refractivity contribution >= 4 is 6.09 Å². The first-order chi connectivity index (χ1) is 19.9. The maximum atomic E-state index is 12.1. The Hall–Kier alpha value is -4.87. The number of nitrogens with one attached hydrogen (secondary N) is 2. The zero-order valence-corrected chi connectivity index (χ0v) is 22.8. The zero-order valence-electron chi connectivity index (χ0n) is 22.8. The molecule has 0 saturated heterocycles. The van der Waals surface area contributed by atoms with Gasteiger partial charge in [0.15, 0.2) is 17.5 Å². The molecule has 0 aliphatic rings. The highest BCUT2D eigenvalue weighted by Crippen LogP contribution is 2.26. The van der Waals surface area contributed by atoms with Crippen molar-refractivity contribution in [3.63, 3.8) is 0 Å². The second-order valence-corrected chi connectivity index (χ2v) is 9.63. The van der Waals surface area contributed by atoms with Crippen LogP contribution in [-0.4, -0.2) is 64.7 Å². The quantitative estimate of drug-likeness (QED) is 0.197. The summed E-state index contributed by atoms with van der Waals surface area (Å²) in [5.74, 6) is 0.941. The standard InChI is InChI=1S/C15H17F3N4O3.C10H9F3N4O/c1-14(2,3)22(13(23)24)8-11-19-12(21-20-11)9-4-6-10(7-5-9)25-15(16,17)18;11-10(12,13)18-7-3-1-6(2-4-7)9-15-8(5-14)16-17-9/h4-7H,8H2,1-3H3,(H,23,24)(H,19,20,21);1-4H,5,14H2,(H,15,16,17). The highest BCUT2D eigenvalue weighted by atomic mass is 19.4. The van der Waals surface area contributed by atoms with Gasteiger partial charge in [-0.25, -0.2) is 4.79 Å². The largest absolute Gasteiger partial charge is 0.573 e. The number of alkyl halides is 6. The first-order valence-corrected chi connectivity index (χ1v) is 12.2. The van der Waals surface area contributed by atoms with E-state index in [-0.39, 0.29) is 24.6 Å². The number of H-pyrrole nitrogens is 2. The predicted octanol–water partition coefficient (Wildman–Crippen LogP) is 5.48. The van der Waals surface area contributed by atoms with Crippen LogP contribution in [0.25, 0.3) is 22.8 Å². The number of hydrogen-bond acceptors (Lipinski definition) is 8. The van der Waals surface area contributed by atoms with Gasteiger partial charge in [-0.2, -0.15) is 0 Å². The number of amides is 1. The third-order valence-electron chi connectivity index (χ3n) is 5.33. The van der Waals surface area contributed by atoms with Crippen molar-refractivity contribution in [2.45, 2.75) is 52.1 Å². The molecule has 4 aromatic rings. The van der Waals surface area contributed by atoms with Gasteiger partial charge in [-0.15, -0.1) is 46.7 Å². The summed E-state index contributed by atoms with van der Waals surface area (Å²) < 4.78 is 79.8. The van der Waals surface area contributed by atoms with Crippen LogP contribution in [0, 0.1) is 0 Å². The molecule has 4 rings (SSSR count). The van der Waals surface area contributed by atoms with E-state index in [4.69, 9.17) is 5.73 Å². The van der Waals surface area contributed by atoms with E-state index in [9.17, 15) is 36.2 Å². The lowest BCUT2D eigenvalue weighted by Crippen LogP contribution is -2.44. The van der Waals surface area contributed by atoms with E-state index >= 15 is 0 Å². The van der Waals surface area contributed by atoms with Crippen molar-refractivity contribution < 1.29 is 45.7 Å². The Morgan fingerprint density at radius 3 is 1.49 bits per heavy atom. The fourth-order valence-electron chi connectivity index (χ4n) is 3.39. The molecule has 2 aromatic heterocycles. The van der Waals surface area contributed by atoms with Crippen LogP contribution in [0.3, 0.4) is 0 Å². The number of aromatic amines is 2. The van der Waals surface area contributed by atoms with Gasteiger partial charge in [0.05, 0.1) is 13.1 Å². The number of carbonyl (C=O) groups is 1. The minimum Gasteiger partial charge on any atom is -0.465 e. The lowest BCUT2D eigenvalue weighted by atomic mass is 10.1. The van der Waals surface area contributed by atoms with Crippen molar-refractivity contribution in [1.82, 2.24) is 35.3 Å². The SMILES string of the molecule is CC(C)(C)N(Cc1nnc(-c2ccc(OC(F)(F)F)cc2)[nH]1)C(=O)O.NCc1nnc(-c2ccc(OC(F)(F)F)cc2)[nH]1. The number of benzene rings is 2. The Labute approximate surface area is 239 Å². The number of nitrogens with two attached hydrogens (primary N) is 1. The van der Waals surface area contributed by atoms with Crippen molar-refractivity contribution in [2.24, 2.45) is 5.73 Å². The van der Waals surface area contributed by atoms with Crippen LogP contribution in [0.15, 0.2) is 48.5 Å². The predicted molar refractivity (Wildman–Crippen MR) is 138 cm³/mol. The highest BCUT2D eigenvalue weighted by molar-refractivity contribution is 5.66. The molecule has 43 heavy (non-hydrogen) atoms. The van der Waals surface area contributed by atoms with Crippen LogP contribution < -0.4 is 15.2 Å². The maximum absolute atomic E-state index is 12.1. The number of aromatic nitrogens is 6. The summed E-state index contributed by atoms with van der Waals surface area (Å²) in [7, 11) is 0. The fourth-order valence-corrected chi connectivity index (χ4v) is 3.39. The second-order valence-electron chi connectivity index (χ2n) is 9.63. The lowest BCUT2D eigenvalue weighted by molar-refractivity contribution is -0.275. The topological polar surface area (TPSA) is 168 Å². The summed E-state index contributed by atoms with van der Waals surface area (Å²) in [5.41, 5.74) is 5.81. The third kappa shape index (κ3) is 10.2. The second kappa shape index (κ2) is 13.0. The summed E-state index contributed by atoms with van der Waals surface area (Å²) in [6.45, 7) is 5.46. The average molecular weight is 617 g/mol. The first-order valence-electron chi connectivity index (χ1n) is 12.2. The number of carboxylic acid groups (broad SMARTS) is 1. The van der Waals surface area contributed by atoms with Crippen LogP contribution in [-0.2, 0) is 13.1 Å². The summed E-state index contributed by atoms with van der Waals surface area (Å²) in [6, 6.07) is 10.4. The molecule has 0 radical (unpaired) electrons. The van der Waals surface area contributed by atoms with Crippen molar-refractivity contribution in [2.75, 3.05) is 0 Å². The van der Waals surface area contributed by atoms with Crippen LogP contribution in [0.2, 0.25) is 0 Å². The zero-order chi connectivity index (χ0) is 32.0. The third-order valence-corrected chi connectivity index (χ3v) is 5.33. The van der Waals surface area contributed by atoms with Crippen LogP contribution in [0.4, 0.5) is 31.1 Å². The van der Waals surface area contributed by atoms with E-state index < -0.39 is 24.4 Å². The number of halogens is 6. The Balaban J connectivity index is 0.000000248. The van der Waals surface area contributed by atoms with Gasteiger partial charge in [0.25, 0.3) is 0 Å². The molecule has 0 bridgehead atoms. The van der Waals surface area contributed by atoms with Crippen LogP contribution >= 0.6 is 0 Å². The Morgan fingerprint density at radius 1 is 0.767 bits per heavy atom. The molecule has 1 amide bonds. The molecule has 0 aliphatic heterocycles. The molecule has 12 nitrogen and oxygen atoms in total. The average Bonchev–Trinajstić information content (AvgIpc) is 3.56. The Bertz CT molecular complexity index is 1480. The van der Waals surface area contributed by atoms with Gasteiger partial charge in [-0.3, -0.25) is 4.90 Å². The molecule has 18 heteroatoms. The molecule has 2 heterocycles.